The van der Waals surface area contributed by atoms with Gasteiger partial charge in [-0.3, -0.25) is 0 Å². The zero-order chi connectivity index (χ0) is 14.2. The van der Waals surface area contributed by atoms with Crippen molar-refractivity contribution in [2.24, 2.45) is 0 Å². The maximum absolute atomic E-state index is 12.6. The molecule has 0 aliphatic carbocycles. The van der Waals surface area contributed by atoms with Crippen LogP contribution in [0, 0.1) is 0 Å². The van der Waals surface area contributed by atoms with E-state index < -0.39 is 17.8 Å². The molecule has 0 radical (unpaired) electrons. The molecule has 8 heteroatoms. The number of nitrogens with one attached hydrogen (secondary N) is 1. The van der Waals surface area contributed by atoms with Gasteiger partial charge in [-0.05, 0) is 34.1 Å². The smallest absolute Gasteiger partial charge is 0.416 e. The van der Waals surface area contributed by atoms with E-state index >= 15 is 0 Å². The summed E-state index contributed by atoms with van der Waals surface area (Å²) >= 11 is 3.00. The van der Waals surface area contributed by atoms with Gasteiger partial charge < -0.3 is 14.8 Å². The van der Waals surface area contributed by atoms with Crippen molar-refractivity contribution in [2.75, 3.05) is 0 Å². The minimum atomic E-state index is -4.45. The van der Waals surface area contributed by atoms with Crippen LogP contribution < -0.4 is 5.32 Å². The Hall–Kier alpha value is -1.70. The fourth-order valence-electron chi connectivity index (χ4n) is 1.58. The van der Waals surface area contributed by atoms with Gasteiger partial charge in [-0.2, -0.15) is 13.2 Å². The van der Waals surface area contributed by atoms with Crippen molar-refractivity contribution in [1.82, 2.24) is 5.32 Å². The first-order valence-corrected chi connectivity index (χ1v) is 5.82. The maximum Gasteiger partial charge on any atom is 0.416 e. The van der Waals surface area contributed by atoms with Gasteiger partial charge in [0.2, 0.25) is 0 Å². The average Bonchev–Trinajstić information content (AvgIpc) is 2.68. The van der Waals surface area contributed by atoms with Crippen LogP contribution in [0.2, 0.25) is 0 Å². The molecule has 0 unspecified atom stereocenters. The third-order valence-corrected chi connectivity index (χ3v) is 2.95. The summed E-state index contributed by atoms with van der Waals surface area (Å²) in [5.74, 6) is 0.234. The number of fused-ring (bicyclic) bond motifs is 1. The first-order valence-electron chi connectivity index (χ1n) is 5.03. The quantitative estimate of drug-likeness (QED) is 0.871. The molecule has 1 amide bonds. The molecule has 2 aromatic rings. The molecule has 0 atom stereocenters. The Balaban J connectivity index is 2.42. The Morgan fingerprint density at radius 1 is 1.37 bits per heavy atom. The van der Waals surface area contributed by atoms with Gasteiger partial charge in [0.25, 0.3) is 0 Å². The van der Waals surface area contributed by atoms with Crippen molar-refractivity contribution < 1.29 is 27.5 Å². The average molecular weight is 338 g/mol. The lowest BCUT2D eigenvalue weighted by molar-refractivity contribution is -0.137. The summed E-state index contributed by atoms with van der Waals surface area (Å²) in [6.45, 7) is -0.113. The molecule has 19 heavy (non-hydrogen) atoms. The maximum atomic E-state index is 12.6. The number of carboxylic acid groups (broad SMARTS) is 1. The van der Waals surface area contributed by atoms with Crippen LogP contribution in [0.3, 0.4) is 0 Å². The first-order chi connectivity index (χ1) is 8.77. The zero-order valence-corrected chi connectivity index (χ0v) is 10.8. The number of amides is 1. The van der Waals surface area contributed by atoms with Crippen molar-refractivity contribution >= 4 is 33.0 Å². The second kappa shape index (κ2) is 4.76. The first kappa shape index (κ1) is 13.7. The molecule has 0 fully saturated rings. The topological polar surface area (TPSA) is 62.5 Å². The molecule has 1 aromatic heterocycles. The van der Waals surface area contributed by atoms with Crippen molar-refractivity contribution in [3.8, 4) is 0 Å². The van der Waals surface area contributed by atoms with E-state index in [-0.39, 0.29) is 27.7 Å². The van der Waals surface area contributed by atoms with Crippen LogP contribution >= 0.6 is 15.9 Å². The molecule has 1 heterocycles. The van der Waals surface area contributed by atoms with Gasteiger partial charge in [0.15, 0.2) is 0 Å². The molecule has 0 aliphatic heterocycles. The molecule has 4 nitrogen and oxygen atoms in total. The summed E-state index contributed by atoms with van der Waals surface area (Å²) in [4.78, 5) is 10.3. The summed E-state index contributed by atoms with van der Waals surface area (Å²) < 4.78 is 43.3. The molecule has 2 N–H and O–H groups in total. The van der Waals surface area contributed by atoms with E-state index in [0.29, 0.717) is 0 Å². The second-order valence-corrected chi connectivity index (χ2v) is 4.60. The van der Waals surface area contributed by atoms with Crippen LogP contribution in [-0.2, 0) is 12.7 Å². The third-order valence-electron chi connectivity index (χ3n) is 2.36. The minimum absolute atomic E-state index is 0.113. The van der Waals surface area contributed by atoms with Crippen molar-refractivity contribution in [3.05, 3.63) is 34.0 Å². The summed E-state index contributed by atoms with van der Waals surface area (Å²) in [7, 11) is 0. The number of benzene rings is 1. The van der Waals surface area contributed by atoms with Gasteiger partial charge in [-0.15, -0.1) is 0 Å². The highest BCUT2D eigenvalue weighted by Gasteiger charge is 2.31. The SMILES string of the molecule is O=C(O)NCc1cc2cc(C(F)(F)F)cc(Br)c2o1. The summed E-state index contributed by atoms with van der Waals surface area (Å²) in [5.41, 5.74) is -0.555. The van der Waals surface area contributed by atoms with E-state index in [1.54, 1.807) is 0 Å². The highest BCUT2D eigenvalue weighted by Crippen LogP contribution is 2.36. The van der Waals surface area contributed by atoms with Crippen LogP contribution in [0.1, 0.15) is 11.3 Å². The monoisotopic (exact) mass is 337 g/mol. The predicted octanol–water partition coefficient (Wildman–Crippen LogP) is 3.98. The van der Waals surface area contributed by atoms with E-state index in [4.69, 9.17) is 9.52 Å². The van der Waals surface area contributed by atoms with Crippen LogP contribution in [0.15, 0.2) is 27.1 Å². The molecule has 0 saturated heterocycles. The molecule has 0 saturated carbocycles. The minimum Gasteiger partial charge on any atom is -0.465 e. The van der Waals surface area contributed by atoms with E-state index in [1.807, 2.05) is 0 Å². The van der Waals surface area contributed by atoms with E-state index in [9.17, 15) is 18.0 Å². The Morgan fingerprint density at radius 3 is 2.63 bits per heavy atom. The Labute approximate surface area is 113 Å². The van der Waals surface area contributed by atoms with Crippen molar-refractivity contribution in [3.63, 3.8) is 0 Å². The van der Waals surface area contributed by atoms with E-state index in [2.05, 4.69) is 21.2 Å². The van der Waals surface area contributed by atoms with Gasteiger partial charge in [-0.1, -0.05) is 0 Å². The van der Waals surface area contributed by atoms with Crippen molar-refractivity contribution in [1.29, 1.82) is 0 Å². The number of furan rings is 1. The number of hydrogen-bond acceptors (Lipinski definition) is 2. The molecular formula is C11H7BrF3NO3. The number of hydrogen-bond donors (Lipinski definition) is 2. The summed E-state index contributed by atoms with van der Waals surface area (Å²) in [6, 6.07) is 3.24. The Kier molecular flexibility index (Phi) is 3.44. The lowest BCUT2D eigenvalue weighted by Crippen LogP contribution is -2.19. The normalized spacial score (nSPS) is 11.8. The number of halogens is 4. The molecule has 2 rings (SSSR count). The Morgan fingerprint density at radius 2 is 2.05 bits per heavy atom. The fourth-order valence-corrected chi connectivity index (χ4v) is 2.13. The van der Waals surface area contributed by atoms with Gasteiger partial charge >= 0.3 is 12.3 Å². The van der Waals surface area contributed by atoms with Gasteiger partial charge in [0.05, 0.1) is 16.6 Å². The van der Waals surface area contributed by atoms with E-state index in [1.165, 1.54) is 6.07 Å². The van der Waals surface area contributed by atoms with Crippen LogP contribution in [0.5, 0.6) is 0 Å². The van der Waals surface area contributed by atoms with Gasteiger partial charge in [0, 0.05) is 5.39 Å². The Bertz CT molecular complexity index is 636. The third kappa shape index (κ3) is 3.01. The number of carbonyl (C=O) groups is 1. The summed E-state index contributed by atoms with van der Waals surface area (Å²) in [6.07, 6.45) is -5.69. The molecule has 1 aromatic carbocycles. The van der Waals surface area contributed by atoms with Gasteiger partial charge in [0.1, 0.15) is 11.3 Å². The molecule has 0 spiro atoms. The largest absolute Gasteiger partial charge is 0.465 e. The second-order valence-electron chi connectivity index (χ2n) is 3.75. The van der Waals surface area contributed by atoms with Crippen LogP contribution in [0.4, 0.5) is 18.0 Å². The molecule has 0 bridgehead atoms. The van der Waals surface area contributed by atoms with Crippen LogP contribution in [0.25, 0.3) is 11.0 Å². The molecule has 0 aliphatic rings. The van der Waals surface area contributed by atoms with Crippen molar-refractivity contribution in [2.45, 2.75) is 12.7 Å². The highest BCUT2D eigenvalue weighted by atomic mass is 79.9. The number of rotatable bonds is 2. The molecular weight excluding hydrogens is 331 g/mol. The lowest BCUT2D eigenvalue weighted by atomic mass is 10.1. The lowest BCUT2D eigenvalue weighted by Gasteiger charge is -2.06. The van der Waals surface area contributed by atoms with E-state index in [0.717, 1.165) is 12.1 Å². The fraction of sp³-hybridized carbons (Fsp3) is 0.182. The highest BCUT2D eigenvalue weighted by molar-refractivity contribution is 9.10. The summed E-state index contributed by atoms with van der Waals surface area (Å²) in [5, 5.41) is 10.8. The zero-order valence-electron chi connectivity index (χ0n) is 9.21. The number of alkyl halides is 3. The molecule has 102 valence electrons. The van der Waals surface area contributed by atoms with Crippen LogP contribution in [-0.4, -0.2) is 11.2 Å². The predicted molar refractivity (Wildman–Crippen MR) is 63.8 cm³/mol. The standard InChI is InChI=1S/C11H7BrF3NO3/c12-8-3-6(11(13,14)15)1-5-2-7(19-9(5)8)4-16-10(17)18/h1-3,16H,4H2,(H,17,18). The van der Waals surface area contributed by atoms with Gasteiger partial charge in [-0.25, -0.2) is 4.79 Å².